The fraction of sp³-hybridized carbons (Fsp3) is 1.00. The fourth-order valence-corrected chi connectivity index (χ4v) is 8.59. The molecule has 1 rings (SSSR count). The highest BCUT2D eigenvalue weighted by Gasteiger charge is 2.65. The molecular formula is C14H31NO3Si. The van der Waals surface area contributed by atoms with E-state index in [-0.39, 0.29) is 11.3 Å². The molecular weight excluding hydrogens is 258 g/mol. The van der Waals surface area contributed by atoms with E-state index in [9.17, 15) is 0 Å². The predicted octanol–water partition coefficient (Wildman–Crippen LogP) is 2.46. The van der Waals surface area contributed by atoms with Crippen molar-refractivity contribution >= 4 is 8.56 Å². The van der Waals surface area contributed by atoms with Crippen molar-refractivity contribution in [3.05, 3.63) is 0 Å². The summed E-state index contributed by atoms with van der Waals surface area (Å²) in [6.07, 6.45) is 4.50. The summed E-state index contributed by atoms with van der Waals surface area (Å²) < 4.78 is 18.2. The van der Waals surface area contributed by atoms with Crippen molar-refractivity contribution in [2.24, 2.45) is 5.92 Å². The van der Waals surface area contributed by atoms with Gasteiger partial charge < -0.3 is 18.9 Å². The van der Waals surface area contributed by atoms with E-state index in [1.165, 1.54) is 12.8 Å². The number of rotatable bonds is 7. The van der Waals surface area contributed by atoms with Crippen LogP contribution in [0.1, 0.15) is 39.5 Å². The highest BCUT2D eigenvalue weighted by molar-refractivity contribution is 6.71. The molecule has 1 N–H and O–H groups in total. The molecule has 0 radical (unpaired) electrons. The van der Waals surface area contributed by atoms with Gasteiger partial charge in [-0.2, -0.15) is 0 Å². The van der Waals surface area contributed by atoms with Gasteiger partial charge in [0.2, 0.25) is 0 Å². The molecule has 114 valence electrons. The van der Waals surface area contributed by atoms with E-state index in [1.807, 2.05) is 14.2 Å². The SMILES string of the molecule is CCC1CCC[Si](OC)(OC)C1(OC)C(CC)NC. The van der Waals surface area contributed by atoms with Gasteiger partial charge in [0, 0.05) is 27.4 Å². The lowest BCUT2D eigenvalue weighted by Crippen LogP contribution is -2.75. The lowest BCUT2D eigenvalue weighted by Gasteiger charge is -2.55. The van der Waals surface area contributed by atoms with Gasteiger partial charge in [0.1, 0.15) is 5.22 Å². The summed E-state index contributed by atoms with van der Waals surface area (Å²) in [5.41, 5.74) is 0. The van der Waals surface area contributed by atoms with Gasteiger partial charge in [-0.1, -0.05) is 26.7 Å². The molecule has 4 nitrogen and oxygen atoms in total. The molecule has 0 aromatic rings. The first-order chi connectivity index (χ1) is 9.12. The third-order valence-electron chi connectivity index (χ3n) is 5.02. The molecule has 19 heavy (non-hydrogen) atoms. The van der Waals surface area contributed by atoms with Crippen molar-refractivity contribution in [3.63, 3.8) is 0 Å². The Morgan fingerprint density at radius 3 is 2.26 bits per heavy atom. The average Bonchev–Trinajstić information content (AvgIpc) is 2.47. The third-order valence-corrected chi connectivity index (χ3v) is 9.51. The number of hydrogen-bond acceptors (Lipinski definition) is 4. The fourth-order valence-electron chi connectivity index (χ4n) is 4.15. The standard InChI is InChI=1S/C14H31NO3Si/c1-7-12-10-9-11-19(17-5,18-6)14(12,16-4)13(8-2)15-3/h12-13,15H,7-11H2,1-6H3. The summed E-state index contributed by atoms with van der Waals surface area (Å²) >= 11 is 0. The van der Waals surface area contributed by atoms with Crippen LogP contribution in [0.5, 0.6) is 0 Å². The van der Waals surface area contributed by atoms with Gasteiger partial charge in [-0.15, -0.1) is 0 Å². The number of nitrogens with one attached hydrogen (secondary N) is 1. The molecule has 1 aliphatic rings. The Kier molecular flexibility index (Phi) is 6.46. The van der Waals surface area contributed by atoms with Crippen LogP contribution in [0.25, 0.3) is 0 Å². The minimum absolute atomic E-state index is 0.273. The second kappa shape index (κ2) is 7.18. The molecule has 0 aromatic heterocycles. The topological polar surface area (TPSA) is 39.7 Å². The van der Waals surface area contributed by atoms with Gasteiger partial charge in [0.15, 0.2) is 0 Å². The summed E-state index contributed by atoms with van der Waals surface area (Å²) in [5, 5.41) is 3.15. The Morgan fingerprint density at radius 1 is 1.26 bits per heavy atom. The number of ether oxygens (including phenoxy) is 1. The van der Waals surface area contributed by atoms with E-state index in [2.05, 4.69) is 19.2 Å². The molecule has 0 bridgehead atoms. The number of methoxy groups -OCH3 is 1. The first-order valence-electron chi connectivity index (χ1n) is 7.45. The third kappa shape index (κ3) is 2.51. The Morgan fingerprint density at radius 2 is 1.89 bits per heavy atom. The molecule has 0 spiro atoms. The number of likely N-dealkylation sites (N-methyl/N-ethyl adjacent to an activating group) is 1. The van der Waals surface area contributed by atoms with Crippen molar-refractivity contribution in [2.75, 3.05) is 28.4 Å². The van der Waals surface area contributed by atoms with Gasteiger partial charge in [0.05, 0.1) is 0 Å². The van der Waals surface area contributed by atoms with Gasteiger partial charge in [-0.05, 0) is 31.9 Å². The van der Waals surface area contributed by atoms with Crippen LogP contribution in [0.2, 0.25) is 6.04 Å². The molecule has 1 heterocycles. The lowest BCUT2D eigenvalue weighted by molar-refractivity contribution is -0.0723. The second-order valence-electron chi connectivity index (χ2n) is 5.41. The zero-order valence-electron chi connectivity index (χ0n) is 13.4. The smallest absolute Gasteiger partial charge is 0.372 e. The molecule has 0 amide bonds. The average molecular weight is 289 g/mol. The monoisotopic (exact) mass is 289 g/mol. The normalized spacial score (nSPS) is 32.2. The zero-order chi connectivity index (χ0) is 14.5. The molecule has 0 aliphatic carbocycles. The summed E-state index contributed by atoms with van der Waals surface area (Å²) in [6, 6.07) is 1.29. The van der Waals surface area contributed by atoms with Crippen LogP contribution in [0.3, 0.4) is 0 Å². The highest BCUT2D eigenvalue weighted by atomic mass is 28.4. The van der Waals surface area contributed by atoms with Gasteiger partial charge in [0.25, 0.3) is 0 Å². The quantitative estimate of drug-likeness (QED) is 0.731. The Bertz CT molecular complexity index is 260. The van der Waals surface area contributed by atoms with Gasteiger partial charge in [-0.25, -0.2) is 0 Å². The maximum atomic E-state index is 6.17. The van der Waals surface area contributed by atoms with Crippen LogP contribution in [0.15, 0.2) is 0 Å². The first kappa shape index (κ1) is 17.1. The summed E-state index contributed by atoms with van der Waals surface area (Å²) in [4.78, 5) is 0. The van der Waals surface area contributed by atoms with Crippen molar-refractivity contribution in [3.8, 4) is 0 Å². The Labute approximate surface area is 119 Å². The lowest BCUT2D eigenvalue weighted by atomic mass is 9.87. The Balaban J connectivity index is 3.34. The van der Waals surface area contributed by atoms with E-state index >= 15 is 0 Å². The largest absolute Gasteiger partial charge is 0.396 e. The van der Waals surface area contributed by atoms with Crippen LogP contribution >= 0.6 is 0 Å². The minimum Gasteiger partial charge on any atom is -0.396 e. The van der Waals surface area contributed by atoms with Crippen LogP contribution in [-0.2, 0) is 13.6 Å². The summed E-state index contributed by atoms with van der Waals surface area (Å²) in [7, 11) is 5.05. The van der Waals surface area contributed by atoms with Crippen molar-refractivity contribution in [1.29, 1.82) is 0 Å². The van der Waals surface area contributed by atoms with Crippen molar-refractivity contribution in [1.82, 2.24) is 5.32 Å². The minimum atomic E-state index is -2.38. The first-order valence-corrected chi connectivity index (χ1v) is 9.47. The van der Waals surface area contributed by atoms with Gasteiger partial charge >= 0.3 is 8.56 Å². The molecule has 5 heteroatoms. The summed E-state index contributed by atoms with van der Waals surface area (Å²) in [6.45, 7) is 4.45. The van der Waals surface area contributed by atoms with E-state index in [4.69, 9.17) is 13.6 Å². The van der Waals surface area contributed by atoms with Crippen molar-refractivity contribution in [2.45, 2.75) is 56.8 Å². The second-order valence-corrected chi connectivity index (χ2v) is 9.01. The Hall–Kier alpha value is 0.0569. The molecule has 1 aliphatic heterocycles. The van der Waals surface area contributed by atoms with Crippen molar-refractivity contribution < 1.29 is 13.6 Å². The van der Waals surface area contributed by atoms with E-state index in [0.717, 1.165) is 18.9 Å². The zero-order valence-corrected chi connectivity index (χ0v) is 14.4. The molecule has 0 aromatic carbocycles. The molecule has 0 saturated carbocycles. The van der Waals surface area contributed by atoms with Crippen LogP contribution < -0.4 is 5.32 Å². The molecule has 1 fully saturated rings. The summed E-state index contributed by atoms with van der Waals surface area (Å²) in [5.74, 6) is 0.496. The van der Waals surface area contributed by atoms with Gasteiger partial charge in [-0.3, -0.25) is 0 Å². The molecule has 3 unspecified atom stereocenters. The predicted molar refractivity (Wildman–Crippen MR) is 80.5 cm³/mol. The van der Waals surface area contributed by atoms with E-state index in [0.29, 0.717) is 5.92 Å². The van der Waals surface area contributed by atoms with Crippen LogP contribution in [-0.4, -0.2) is 48.2 Å². The number of hydrogen-bond donors (Lipinski definition) is 1. The van der Waals surface area contributed by atoms with E-state index < -0.39 is 8.56 Å². The van der Waals surface area contributed by atoms with Crippen LogP contribution in [0.4, 0.5) is 0 Å². The maximum absolute atomic E-state index is 6.17. The van der Waals surface area contributed by atoms with Crippen LogP contribution in [0, 0.1) is 5.92 Å². The maximum Gasteiger partial charge on any atom is 0.372 e. The van der Waals surface area contributed by atoms with E-state index in [1.54, 1.807) is 14.2 Å². The highest BCUT2D eigenvalue weighted by Crippen LogP contribution is 2.47. The molecule has 3 atom stereocenters. The molecule has 1 saturated heterocycles.